The maximum atomic E-state index is 13.0. The van der Waals surface area contributed by atoms with E-state index in [1.54, 1.807) is 18.3 Å². The Morgan fingerprint density at radius 3 is 2.74 bits per heavy atom. The minimum atomic E-state index is -0.268. The third kappa shape index (κ3) is 2.65. The maximum Gasteiger partial charge on any atom is 0.152 e. The van der Waals surface area contributed by atoms with E-state index < -0.39 is 0 Å². The van der Waals surface area contributed by atoms with Gasteiger partial charge in [0.1, 0.15) is 5.82 Å². The lowest BCUT2D eigenvalue weighted by Crippen LogP contribution is -1.83. The fourth-order valence-corrected chi connectivity index (χ4v) is 1.85. The van der Waals surface area contributed by atoms with Crippen molar-refractivity contribution in [1.82, 2.24) is 4.98 Å². The highest BCUT2D eigenvalue weighted by molar-refractivity contribution is 5.83. The monoisotopic (exact) mass is 250 g/mol. The molecule has 19 heavy (non-hydrogen) atoms. The highest BCUT2D eigenvalue weighted by Gasteiger charge is 1.96. The highest BCUT2D eigenvalue weighted by Crippen LogP contribution is 2.16. The predicted octanol–water partition coefficient (Wildman–Crippen LogP) is 4.12. The van der Waals surface area contributed by atoms with Crippen LogP contribution in [0.1, 0.15) is 5.56 Å². The number of rotatable bonds is 2. The molecule has 0 atom stereocenters. The first-order chi connectivity index (χ1) is 9.31. The molecule has 2 nitrogen and oxygen atoms in total. The van der Waals surface area contributed by atoms with Crippen molar-refractivity contribution >= 4 is 22.9 Å². The van der Waals surface area contributed by atoms with Crippen molar-refractivity contribution in [3.8, 4) is 0 Å². The molecule has 0 unspecified atom stereocenters. The maximum absolute atomic E-state index is 13.0. The number of para-hydroxylation sites is 1. The number of aliphatic imine (C=N–C) groups is 1. The first kappa shape index (κ1) is 11.5. The van der Waals surface area contributed by atoms with E-state index in [4.69, 9.17) is 0 Å². The summed E-state index contributed by atoms with van der Waals surface area (Å²) in [5, 5.41) is 1.08. The van der Waals surface area contributed by atoms with Crippen LogP contribution in [0.2, 0.25) is 0 Å². The summed E-state index contributed by atoms with van der Waals surface area (Å²) in [6.45, 7) is 0. The van der Waals surface area contributed by atoms with Gasteiger partial charge in [-0.15, -0.1) is 0 Å². The number of hydrogen-bond donors (Lipinski definition) is 0. The Balaban J connectivity index is 1.92. The molecular weight excluding hydrogens is 239 g/mol. The molecule has 0 N–H and O–H groups in total. The summed E-state index contributed by atoms with van der Waals surface area (Å²) in [4.78, 5) is 8.69. The summed E-state index contributed by atoms with van der Waals surface area (Å²) in [5.41, 5.74) is 1.62. The molecule has 3 rings (SSSR count). The van der Waals surface area contributed by atoms with Crippen LogP contribution in [-0.2, 0) is 0 Å². The molecule has 0 radical (unpaired) electrons. The number of fused-ring (bicyclic) bond motifs is 1. The quantitative estimate of drug-likeness (QED) is 0.628. The largest absolute Gasteiger partial charge is 0.237 e. The van der Waals surface area contributed by atoms with E-state index in [9.17, 15) is 4.39 Å². The van der Waals surface area contributed by atoms with Gasteiger partial charge < -0.3 is 0 Å². The molecule has 1 heterocycles. The number of nitrogens with zero attached hydrogens (tertiary/aromatic N) is 2. The smallest absolute Gasteiger partial charge is 0.152 e. The van der Waals surface area contributed by atoms with Crippen molar-refractivity contribution in [2.75, 3.05) is 0 Å². The van der Waals surface area contributed by atoms with Gasteiger partial charge in [0.25, 0.3) is 0 Å². The molecule has 3 heteroatoms. The summed E-state index contributed by atoms with van der Waals surface area (Å²) in [5.74, 6) is 0.346. The standard InChI is InChI=1S/C16H11FN2/c17-14-6-3-4-12(10-14)11-18-16-9-8-13-5-1-2-7-15(13)19-16/h1-11H. The van der Waals surface area contributed by atoms with Crippen LogP contribution in [0.5, 0.6) is 0 Å². The van der Waals surface area contributed by atoms with Crippen molar-refractivity contribution in [1.29, 1.82) is 0 Å². The van der Waals surface area contributed by atoms with E-state index in [1.165, 1.54) is 12.1 Å². The summed E-state index contributed by atoms with van der Waals surface area (Å²) in [7, 11) is 0. The Bertz CT molecular complexity index is 750. The zero-order valence-corrected chi connectivity index (χ0v) is 10.1. The first-order valence-corrected chi connectivity index (χ1v) is 5.97. The van der Waals surface area contributed by atoms with Crippen LogP contribution in [0.4, 0.5) is 10.2 Å². The van der Waals surface area contributed by atoms with Gasteiger partial charge in [-0.1, -0.05) is 30.3 Å². The molecule has 1 aromatic heterocycles. The second-order valence-corrected chi connectivity index (χ2v) is 4.18. The van der Waals surface area contributed by atoms with Gasteiger partial charge in [0.05, 0.1) is 5.52 Å². The van der Waals surface area contributed by atoms with Crippen LogP contribution in [0.3, 0.4) is 0 Å². The molecule has 0 saturated carbocycles. The van der Waals surface area contributed by atoms with E-state index in [0.717, 1.165) is 16.5 Å². The van der Waals surface area contributed by atoms with Gasteiger partial charge in [-0.3, -0.25) is 0 Å². The zero-order chi connectivity index (χ0) is 13.1. The van der Waals surface area contributed by atoms with E-state index in [-0.39, 0.29) is 5.82 Å². The summed E-state index contributed by atoms with van der Waals surface area (Å²) in [6.07, 6.45) is 1.61. The topological polar surface area (TPSA) is 25.2 Å². The molecule has 0 bridgehead atoms. The lowest BCUT2D eigenvalue weighted by Gasteiger charge is -1.98. The fraction of sp³-hybridized carbons (Fsp3) is 0. The lowest BCUT2D eigenvalue weighted by atomic mass is 10.2. The minimum absolute atomic E-state index is 0.268. The van der Waals surface area contributed by atoms with Crippen LogP contribution in [0, 0.1) is 5.82 Å². The molecule has 0 spiro atoms. The molecule has 0 amide bonds. The van der Waals surface area contributed by atoms with Gasteiger partial charge in [0.2, 0.25) is 0 Å². The SMILES string of the molecule is Fc1cccc(C=Nc2ccc3ccccc3n2)c1. The Labute approximate surface area is 110 Å². The predicted molar refractivity (Wildman–Crippen MR) is 75.4 cm³/mol. The van der Waals surface area contributed by atoms with Crippen molar-refractivity contribution in [2.45, 2.75) is 0 Å². The number of benzene rings is 2. The van der Waals surface area contributed by atoms with Crippen LogP contribution >= 0.6 is 0 Å². The van der Waals surface area contributed by atoms with Gasteiger partial charge in [-0.2, -0.15) is 0 Å². The minimum Gasteiger partial charge on any atom is -0.237 e. The zero-order valence-electron chi connectivity index (χ0n) is 10.1. The van der Waals surface area contributed by atoms with Crippen LogP contribution in [0.25, 0.3) is 10.9 Å². The molecular formula is C16H11FN2. The van der Waals surface area contributed by atoms with E-state index in [1.807, 2.05) is 36.4 Å². The van der Waals surface area contributed by atoms with E-state index in [0.29, 0.717) is 5.82 Å². The number of halogens is 1. The fourth-order valence-electron chi connectivity index (χ4n) is 1.85. The molecule has 0 fully saturated rings. The molecule has 3 aromatic rings. The molecule has 0 aliphatic carbocycles. The summed E-state index contributed by atoms with van der Waals surface area (Å²) < 4.78 is 13.0. The third-order valence-electron chi connectivity index (χ3n) is 2.78. The second kappa shape index (κ2) is 4.98. The molecule has 0 aliphatic heterocycles. The molecule has 0 saturated heterocycles. The summed E-state index contributed by atoms with van der Waals surface area (Å²) in [6, 6.07) is 18.0. The van der Waals surface area contributed by atoms with Crippen molar-refractivity contribution in [2.24, 2.45) is 4.99 Å². The molecule has 92 valence electrons. The van der Waals surface area contributed by atoms with Gasteiger partial charge in [0, 0.05) is 11.6 Å². The van der Waals surface area contributed by atoms with Crippen LogP contribution in [-0.4, -0.2) is 11.2 Å². The highest BCUT2D eigenvalue weighted by atomic mass is 19.1. The third-order valence-corrected chi connectivity index (χ3v) is 2.78. The van der Waals surface area contributed by atoms with Crippen molar-refractivity contribution in [3.05, 3.63) is 72.0 Å². The first-order valence-electron chi connectivity index (χ1n) is 5.97. The van der Waals surface area contributed by atoms with Gasteiger partial charge >= 0.3 is 0 Å². The lowest BCUT2D eigenvalue weighted by molar-refractivity contribution is 0.627. The molecule has 2 aromatic carbocycles. The number of hydrogen-bond acceptors (Lipinski definition) is 2. The Kier molecular flexibility index (Phi) is 3.02. The van der Waals surface area contributed by atoms with Crippen molar-refractivity contribution < 1.29 is 4.39 Å². The number of aromatic nitrogens is 1. The van der Waals surface area contributed by atoms with Gasteiger partial charge in [0.15, 0.2) is 5.82 Å². The average molecular weight is 250 g/mol. The van der Waals surface area contributed by atoms with Crippen LogP contribution in [0.15, 0.2) is 65.7 Å². The average Bonchev–Trinajstić information content (AvgIpc) is 2.45. The normalized spacial score (nSPS) is 11.2. The Morgan fingerprint density at radius 1 is 0.947 bits per heavy atom. The second-order valence-electron chi connectivity index (χ2n) is 4.18. The molecule has 0 aliphatic rings. The van der Waals surface area contributed by atoms with Crippen molar-refractivity contribution in [3.63, 3.8) is 0 Å². The van der Waals surface area contributed by atoms with E-state index >= 15 is 0 Å². The van der Waals surface area contributed by atoms with Gasteiger partial charge in [-0.25, -0.2) is 14.4 Å². The van der Waals surface area contributed by atoms with E-state index in [2.05, 4.69) is 9.98 Å². The number of pyridine rings is 1. The summed E-state index contributed by atoms with van der Waals surface area (Å²) >= 11 is 0. The van der Waals surface area contributed by atoms with Gasteiger partial charge in [-0.05, 0) is 35.9 Å². The van der Waals surface area contributed by atoms with Crippen LogP contribution < -0.4 is 0 Å². The Morgan fingerprint density at radius 2 is 1.84 bits per heavy atom. The Hall–Kier alpha value is -2.55.